The first-order valence-electron chi connectivity index (χ1n) is 6.79. The Kier molecular flexibility index (Phi) is 4.97. The molecule has 0 amide bonds. The highest BCUT2D eigenvalue weighted by Crippen LogP contribution is 2.26. The van der Waals surface area contributed by atoms with Gasteiger partial charge in [-0.05, 0) is 32.7 Å². The number of carbonyl (C=O) groups is 1. The van der Waals surface area contributed by atoms with Crippen LogP contribution in [0.1, 0.15) is 25.7 Å². The molecule has 1 atom stereocenters. The minimum absolute atomic E-state index is 0.165. The fourth-order valence-electron chi connectivity index (χ4n) is 2.69. The van der Waals surface area contributed by atoms with E-state index in [2.05, 4.69) is 11.9 Å². The smallest absolute Gasteiger partial charge is 0.306 e. The summed E-state index contributed by atoms with van der Waals surface area (Å²) < 4.78 is 11.5. The zero-order valence-corrected chi connectivity index (χ0v) is 11.0. The molecule has 0 bridgehead atoms. The minimum Gasteiger partial charge on any atom is -0.481 e. The normalized spacial score (nSPS) is 34.4. The number of hydrogen-bond donors (Lipinski definition) is 1. The van der Waals surface area contributed by atoms with Crippen molar-refractivity contribution in [1.82, 2.24) is 4.90 Å². The van der Waals surface area contributed by atoms with E-state index in [9.17, 15) is 4.79 Å². The zero-order valence-electron chi connectivity index (χ0n) is 11.0. The van der Waals surface area contributed by atoms with Gasteiger partial charge in [0.15, 0.2) is 0 Å². The maximum absolute atomic E-state index is 10.8. The van der Waals surface area contributed by atoms with Crippen LogP contribution in [0.15, 0.2) is 0 Å². The lowest BCUT2D eigenvalue weighted by Crippen LogP contribution is -2.43. The van der Waals surface area contributed by atoms with Crippen molar-refractivity contribution in [1.29, 1.82) is 0 Å². The first kappa shape index (κ1) is 13.8. The van der Waals surface area contributed by atoms with E-state index in [0.29, 0.717) is 6.61 Å². The monoisotopic (exact) mass is 257 g/mol. The Labute approximate surface area is 108 Å². The van der Waals surface area contributed by atoms with E-state index in [4.69, 9.17) is 14.6 Å². The molecule has 104 valence electrons. The van der Waals surface area contributed by atoms with Crippen LogP contribution in [0.2, 0.25) is 0 Å². The third-order valence-electron chi connectivity index (χ3n) is 3.88. The van der Waals surface area contributed by atoms with Crippen molar-refractivity contribution in [3.63, 3.8) is 0 Å². The average Bonchev–Trinajstić information content (AvgIpc) is 2.37. The molecular weight excluding hydrogens is 234 g/mol. The van der Waals surface area contributed by atoms with Gasteiger partial charge in [0.1, 0.15) is 0 Å². The predicted molar refractivity (Wildman–Crippen MR) is 66.6 cm³/mol. The van der Waals surface area contributed by atoms with Crippen molar-refractivity contribution in [2.45, 2.75) is 37.9 Å². The zero-order chi connectivity index (χ0) is 13.0. The molecule has 1 unspecified atom stereocenters. The standard InChI is InChI=1S/C13H23NO4/c1-14-6-7-17-12(8-14)9-18-11-4-2-10(3-5-11)13(15)16/h10-12H,2-9H2,1H3,(H,15,16). The molecule has 0 aromatic rings. The maximum atomic E-state index is 10.8. The van der Waals surface area contributed by atoms with Gasteiger partial charge in [0, 0.05) is 13.1 Å². The Morgan fingerprint density at radius 1 is 1.39 bits per heavy atom. The van der Waals surface area contributed by atoms with Crippen LogP contribution >= 0.6 is 0 Å². The number of morpholine rings is 1. The lowest BCUT2D eigenvalue weighted by Gasteiger charge is -2.32. The van der Waals surface area contributed by atoms with Crippen LogP contribution < -0.4 is 0 Å². The van der Waals surface area contributed by atoms with Crippen molar-refractivity contribution in [3.05, 3.63) is 0 Å². The Bertz CT molecular complexity index is 276. The van der Waals surface area contributed by atoms with Gasteiger partial charge >= 0.3 is 5.97 Å². The van der Waals surface area contributed by atoms with Crippen molar-refractivity contribution >= 4 is 5.97 Å². The molecule has 2 fully saturated rings. The molecule has 0 spiro atoms. The quantitative estimate of drug-likeness (QED) is 0.813. The van der Waals surface area contributed by atoms with Crippen LogP contribution in [-0.2, 0) is 14.3 Å². The van der Waals surface area contributed by atoms with Gasteiger partial charge in [0.2, 0.25) is 0 Å². The molecule has 0 aromatic heterocycles. The summed E-state index contributed by atoms with van der Waals surface area (Å²) in [6, 6.07) is 0. The van der Waals surface area contributed by atoms with Crippen LogP contribution in [0.4, 0.5) is 0 Å². The number of carboxylic acid groups (broad SMARTS) is 1. The lowest BCUT2D eigenvalue weighted by molar-refractivity contribution is -0.144. The molecule has 1 aliphatic heterocycles. The highest BCUT2D eigenvalue weighted by molar-refractivity contribution is 5.70. The topological polar surface area (TPSA) is 59.0 Å². The number of ether oxygens (including phenoxy) is 2. The maximum Gasteiger partial charge on any atom is 0.306 e. The van der Waals surface area contributed by atoms with Gasteiger partial charge in [-0.15, -0.1) is 0 Å². The summed E-state index contributed by atoms with van der Waals surface area (Å²) in [5, 5.41) is 8.92. The Morgan fingerprint density at radius 3 is 2.72 bits per heavy atom. The summed E-state index contributed by atoms with van der Waals surface area (Å²) in [4.78, 5) is 13.1. The molecule has 1 saturated heterocycles. The van der Waals surface area contributed by atoms with Gasteiger partial charge in [0.25, 0.3) is 0 Å². The first-order valence-corrected chi connectivity index (χ1v) is 6.79. The number of nitrogens with zero attached hydrogens (tertiary/aromatic N) is 1. The van der Waals surface area contributed by atoms with Gasteiger partial charge in [-0.2, -0.15) is 0 Å². The molecule has 2 rings (SSSR count). The summed E-state index contributed by atoms with van der Waals surface area (Å²) in [6.45, 7) is 3.31. The van der Waals surface area contributed by atoms with E-state index in [1.165, 1.54) is 0 Å². The second kappa shape index (κ2) is 6.50. The summed E-state index contributed by atoms with van der Waals surface area (Å²) in [5.41, 5.74) is 0. The molecule has 1 heterocycles. The second-order valence-corrected chi connectivity index (χ2v) is 5.40. The van der Waals surface area contributed by atoms with Crippen molar-refractivity contribution < 1.29 is 19.4 Å². The number of rotatable bonds is 4. The molecule has 1 aliphatic carbocycles. The molecular formula is C13H23NO4. The van der Waals surface area contributed by atoms with Crippen LogP contribution in [0.25, 0.3) is 0 Å². The molecule has 2 aliphatic rings. The van der Waals surface area contributed by atoms with Crippen LogP contribution in [0, 0.1) is 5.92 Å². The van der Waals surface area contributed by atoms with E-state index in [1.54, 1.807) is 0 Å². The number of likely N-dealkylation sites (N-methyl/N-ethyl adjacent to an activating group) is 1. The van der Waals surface area contributed by atoms with Crippen LogP contribution in [-0.4, -0.2) is 61.5 Å². The molecule has 5 nitrogen and oxygen atoms in total. The second-order valence-electron chi connectivity index (χ2n) is 5.40. The number of carboxylic acids is 1. The minimum atomic E-state index is -0.661. The third kappa shape index (κ3) is 3.93. The van der Waals surface area contributed by atoms with Gasteiger partial charge in [-0.1, -0.05) is 0 Å². The first-order chi connectivity index (χ1) is 8.65. The SMILES string of the molecule is CN1CCOC(COC2CCC(C(=O)O)CC2)C1. The highest BCUT2D eigenvalue weighted by Gasteiger charge is 2.27. The van der Waals surface area contributed by atoms with E-state index in [-0.39, 0.29) is 18.1 Å². The molecule has 18 heavy (non-hydrogen) atoms. The van der Waals surface area contributed by atoms with Gasteiger partial charge in [0.05, 0.1) is 31.3 Å². The summed E-state index contributed by atoms with van der Waals surface area (Å²) in [6.07, 6.45) is 3.59. The van der Waals surface area contributed by atoms with E-state index in [0.717, 1.165) is 45.4 Å². The average molecular weight is 257 g/mol. The molecule has 0 radical (unpaired) electrons. The van der Waals surface area contributed by atoms with Crippen molar-refractivity contribution in [2.75, 3.05) is 33.4 Å². The number of hydrogen-bond acceptors (Lipinski definition) is 4. The number of aliphatic carboxylic acids is 1. The Hall–Kier alpha value is -0.650. The fraction of sp³-hybridized carbons (Fsp3) is 0.923. The fourth-order valence-corrected chi connectivity index (χ4v) is 2.69. The summed E-state index contributed by atoms with van der Waals surface area (Å²) in [5.74, 6) is -0.826. The Morgan fingerprint density at radius 2 is 2.11 bits per heavy atom. The highest BCUT2D eigenvalue weighted by atomic mass is 16.5. The third-order valence-corrected chi connectivity index (χ3v) is 3.88. The molecule has 1 N–H and O–H groups in total. The molecule has 5 heteroatoms. The molecule has 1 saturated carbocycles. The van der Waals surface area contributed by atoms with Gasteiger partial charge in [-0.3, -0.25) is 4.79 Å². The summed E-state index contributed by atoms with van der Waals surface area (Å²) in [7, 11) is 2.09. The van der Waals surface area contributed by atoms with Crippen LogP contribution in [0.5, 0.6) is 0 Å². The van der Waals surface area contributed by atoms with Crippen molar-refractivity contribution in [2.24, 2.45) is 5.92 Å². The van der Waals surface area contributed by atoms with E-state index in [1.807, 2.05) is 0 Å². The van der Waals surface area contributed by atoms with Crippen LogP contribution in [0.3, 0.4) is 0 Å². The van der Waals surface area contributed by atoms with Gasteiger partial charge in [-0.25, -0.2) is 0 Å². The predicted octanol–water partition coefficient (Wildman–Crippen LogP) is 0.977. The Balaban J connectivity index is 1.64. The van der Waals surface area contributed by atoms with Gasteiger partial charge < -0.3 is 19.5 Å². The van der Waals surface area contributed by atoms with Crippen molar-refractivity contribution in [3.8, 4) is 0 Å². The van der Waals surface area contributed by atoms with E-state index >= 15 is 0 Å². The lowest BCUT2D eigenvalue weighted by atomic mass is 9.87. The summed E-state index contributed by atoms with van der Waals surface area (Å²) >= 11 is 0. The largest absolute Gasteiger partial charge is 0.481 e. The van der Waals surface area contributed by atoms with E-state index < -0.39 is 5.97 Å². The molecule has 0 aromatic carbocycles.